The molecular formula is C18H20N2O3S. The van der Waals surface area contributed by atoms with Gasteiger partial charge in [-0.05, 0) is 30.2 Å². The molecule has 0 unspecified atom stereocenters. The van der Waals surface area contributed by atoms with Crippen molar-refractivity contribution in [3.8, 4) is 0 Å². The first kappa shape index (κ1) is 17.9. The molecule has 2 amide bonds. The zero-order chi connectivity index (χ0) is 17.4. The molecule has 0 saturated carbocycles. The van der Waals surface area contributed by atoms with Crippen LogP contribution < -0.4 is 10.6 Å². The highest BCUT2D eigenvalue weighted by Gasteiger charge is 2.15. The van der Waals surface area contributed by atoms with E-state index >= 15 is 0 Å². The minimum absolute atomic E-state index is 0.170. The van der Waals surface area contributed by atoms with Crippen LogP contribution in [-0.4, -0.2) is 28.3 Å². The number of nitrogens with one attached hydrogen (secondary N) is 2. The van der Waals surface area contributed by atoms with Crippen LogP contribution in [-0.2, 0) is 26.8 Å². The normalized spacial score (nSPS) is 11.5. The second kappa shape index (κ2) is 8.98. The quantitative estimate of drug-likeness (QED) is 0.788. The van der Waals surface area contributed by atoms with E-state index in [0.29, 0.717) is 10.6 Å². The second-order valence-electron chi connectivity index (χ2n) is 5.08. The summed E-state index contributed by atoms with van der Waals surface area (Å²) < 4.78 is 12.0. The largest absolute Gasteiger partial charge is 0.347 e. The molecule has 2 N–H and O–H groups in total. The van der Waals surface area contributed by atoms with E-state index in [-0.39, 0.29) is 12.3 Å². The number of amides is 2. The molecule has 6 heteroatoms. The molecular weight excluding hydrogens is 324 g/mol. The summed E-state index contributed by atoms with van der Waals surface area (Å²) in [6, 6.07) is 16.3. The van der Waals surface area contributed by atoms with Gasteiger partial charge in [0.05, 0.1) is 10.8 Å². The molecule has 0 aliphatic rings. The van der Waals surface area contributed by atoms with Crippen LogP contribution in [0.4, 0.5) is 5.69 Å². The molecule has 0 aliphatic heterocycles. The summed E-state index contributed by atoms with van der Waals surface area (Å²) in [5.41, 5.74) is 1.59. The third-order valence-electron chi connectivity index (χ3n) is 3.43. The SMILES string of the molecule is CCc1ccccc1NC(=O)C(=O)NCC[S@](=O)c1ccccc1. The fraction of sp³-hybridized carbons (Fsp3) is 0.222. The van der Waals surface area contributed by atoms with Gasteiger partial charge in [0.25, 0.3) is 0 Å². The van der Waals surface area contributed by atoms with E-state index in [1.807, 2.05) is 37.3 Å². The Hall–Kier alpha value is -2.47. The van der Waals surface area contributed by atoms with Gasteiger partial charge in [0.15, 0.2) is 0 Å². The Labute approximate surface area is 143 Å². The number of rotatable bonds is 6. The van der Waals surface area contributed by atoms with Crippen molar-refractivity contribution in [3.63, 3.8) is 0 Å². The van der Waals surface area contributed by atoms with Crippen molar-refractivity contribution in [3.05, 3.63) is 60.2 Å². The average Bonchev–Trinajstić information content (AvgIpc) is 2.62. The van der Waals surface area contributed by atoms with Crippen LogP contribution in [0.15, 0.2) is 59.5 Å². The Morgan fingerprint density at radius 1 is 0.958 bits per heavy atom. The molecule has 0 bridgehead atoms. The summed E-state index contributed by atoms with van der Waals surface area (Å²) in [7, 11) is -1.20. The molecule has 0 spiro atoms. The van der Waals surface area contributed by atoms with Crippen molar-refractivity contribution in [1.29, 1.82) is 0 Å². The Kier molecular flexibility index (Phi) is 6.69. The van der Waals surface area contributed by atoms with Crippen molar-refractivity contribution < 1.29 is 13.8 Å². The number of hydrogen-bond donors (Lipinski definition) is 2. The van der Waals surface area contributed by atoms with E-state index in [4.69, 9.17) is 0 Å². The highest BCUT2D eigenvalue weighted by Crippen LogP contribution is 2.15. The molecule has 0 saturated heterocycles. The van der Waals surface area contributed by atoms with E-state index in [0.717, 1.165) is 12.0 Å². The predicted molar refractivity (Wildman–Crippen MR) is 95.2 cm³/mol. The zero-order valence-electron chi connectivity index (χ0n) is 13.5. The lowest BCUT2D eigenvalue weighted by atomic mass is 10.1. The second-order valence-corrected chi connectivity index (χ2v) is 6.65. The Morgan fingerprint density at radius 3 is 2.33 bits per heavy atom. The van der Waals surface area contributed by atoms with Gasteiger partial charge in [-0.15, -0.1) is 0 Å². The van der Waals surface area contributed by atoms with Crippen molar-refractivity contribution >= 4 is 28.3 Å². The zero-order valence-corrected chi connectivity index (χ0v) is 14.3. The van der Waals surface area contributed by atoms with Gasteiger partial charge in [-0.25, -0.2) is 0 Å². The minimum Gasteiger partial charge on any atom is -0.347 e. The summed E-state index contributed by atoms with van der Waals surface area (Å²) in [5, 5.41) is 5.10. The van der Waals surface area contributed by atoms with Crippen molar-refractivity contribution in [1.82, 2.24) is 5.32 Å². The smallest absolute Gasteiger partial charge is 0.313 e. The van der Waals surface area contributed by atoms with E-state index in [9.17, 15) is 13.8 Å². The fourth-order valence-electron chi connectivity index (χ4n) is 2.16. The number of aryl methyl sites for hydroxylation is 1. The summed E-state index contributed by atoms with van der Waals surface area (Å²) >= 11 is 0. The molecule has 2 aromatic carbocycles. The van der Waals surface area contributed by atoms with Gasteiger partial charge in [-0.1, -0.05) is 43.3 Å². The van der Waals surface area contributed by atoms with Crippen LogP contribution in [0.5, 0.6) is 0 Å². The number of hydrogen-bond acceptors (Lipinski definition) is 3. The predicted octanol–water partition coefficient (Wildman–Crippen LogP) is 2.11. The summed E-state index contributed by atoms with van der Waals surface area (Å²) in [6.45, 7) is 2.15. The highest BCUT2D eigenvalue weighted by molar-refractivity contribution is 7.85. The average molecular weight is 344 g/mol. The maximum atomic E-state index is 12.0. The van der Waals surface area contributed by atoms with E-state index in [1.165, 1.54) is 0 Å². The Bertz CT molecular complexity index is 732. The van der Waals surface area contributed by atoms with Gasteiger partial charge in [0.2, 0.25) is 0 Å². The standard InChI is InChI=1S/C18H20N2O3S/c1-2-14-8-6-7-11-16(14)20-18(22)17(21)19-12-13-24(23)15-9-4-3-5-10-15/h3-11H,2,12-13H2,1H3,(H,19,21)(H,20,22)/t24-/m0/s1. The molecule has 24 heavy (non-hydrogen) atoms. The van der Waals surface area contributed by atoms with Crippen LogP contribution >= 0.6 is 0 Å². The summed E-state index contributed by atoms with van der Waals surface area (Å²) in [6.07, 6.45) is 0.758. The van der Waals surface area contributed by atoms with E-state index < -0.39 is 22.6 Å². The Balaban J connectivity index is 1.82. The maximum absolute atomic E-state index is 12.0. The number of carbonyl (C=O) groups is 2. The van der Waals surface area contributed by atoms with Gasteiger partial charge in [0.1, 0.15) is 0 Å². The van der Waals surface area contributed by atoms with Gasteiger partial charge in [0, 0.05) is 22.9 Å². The lowest BCUT2D eigenvalue weighted by Gasteiger charge is -2.09. The molecule has 2 aromatic rings. The van der Waals surface area contributed by atoms with Gasteiger partial charge in [-0.3, -0.25) is 13.8 Å². The molecule has 0 heterocycles. The van der Waals surface area contributed by atoms with Crippen LogP contribution in [0.3, 0.4) is 0 Å². The molecule has 5 nitrogen and oxygen atoms in total. The first-order valence-electron chi connectivity index (χ1n) is 7.72. The molecule has 1 atom stereocenters. The van der Waals surface area contributed by atoms with Crippen molar-refractivity contribution in [2.75, 3.05) is 17.6 Å². The first-order valence-corrected chi connectivity index (χ1v) is 9.04. The van der Waals surface area contributed by atoms with Crippen molar-refractivity contribution in [2.45, 2.75) is 18.2 Å². The van der Waals surface area contributed by atoms with E-state index in [2.05, 4.69) is 10.6 Å². The Morgan fingerprint density at radius 2 is 1.62 bits per heavy atom. The van der Waals surface area contributed by atoms with Crippen LogP contribution in [0, 0.1) is 0 Å². The third-order valence-corrected chi connectivity index (χ3v) is 4.80. The van der Waals surface area contributed by atoms with Gasteiger partial charge in [-0.2, -0.15) is 0 Å². The molecule has 0 radical (unpaired) electrons. The van der Waals surface area contributed by atoms with Crippen LogP contribution in [0.25, 0.3) is 0 Å². The molecule has 2 rings (SSSR count). The monoisotopic (exact) mass is 344 g/mol. The highest BCUT2D eigenvalue weighted by atomic mass is 32.2. The number of anilines is 1. The summed E-state index contributed by atoms with van der Waals surface area (Å²) in [5.74, 6) is -1.19. The van der Waals surface area contributed by atoms with E-state index in [1.54, 1.807) is 24.3 Å². The first-order chi connectivity index (χ1) is 11.6. The van der Waals surface area contributed by atoms with Crippen LogP contribution in [0.2, 0.25) is 0 Å². The number of benzene rings is 2. The summed E-state index contributed by atoms with van der Waals surface area (Å²) in [4.78, 5) is 24.5. The van der Waals surface area contributed by atoms with Crippen LogP contribution in [0.1, 0.15) is 12.5 Å². The fourth-order valence-corrected chi connectivity index (χ4v) is 3.14. The van der Waals surface area contributed by atoms with Crippen molar-refractivity contribution in [2.24, 2.45) is 0 Å². The molecule has 0 aliphatic carbocycles. The maximum Gasteiger partial charge on any atom is 0.313 e. The number of carbonyl (C=O) groups excluding carboxylic acids is 2. The lowest BCUT2D eigenvalue weighted by molar-refractivity contribution is -0.136. The van der Waals surface area contributed by atoms with Gasteiger partial charge < -0.3 is 10.6 Å². The topological polar surface area (TPSA) is 75.3 Å². The van der Waals surface area contributed by atoms with Gasteiger partial charge >= 0.3 is 11.8 Å². The third kappa shape index (κ3) is 5.03. The molecule has 0 aromatic heterocycles. The minimum atomic E-state index is -1.20. The molecule has 126 valence electrons. The number of para-hydroxylation sites is 1. The molecule has 0 fully saturated rings. The lowest BCUT2D eigenvalue weighted by Crippen LogP contribution is -2.37.